The summed E-state index contributed by atoms with van der Waals surface area (Å²) in [7, 11) is 0. The van der Waals surface area contributed by atoms with Gasteiger partial charge in [0.1, 0.15) is 0 Å². The zero-order valence-electron chi connectivity index (χ0n) is 10.4. The summed E-state index contributed by atoms with van der Waals surface area (Å²) >= 11 is 3.49. The van der Waals surface area contributed by atoms with Crippen LogP contribution in [-0.4, -0.2) is 6.04 Å². The molecule has 0 radical (unpaired) electrons. The van der Waals surface area contributed by atoms with Crippen molar-refractivity contribution in [1.82, 2.24) is 5.32 Å². The van der Waals surface area contributed by atoms with Crippen molar-refractivity contribution >= 4 is 21.6 Å². The van der Waals surface area contributed by atoms with Gasteiger partial charge < -0.3 is 11.1 Å². The molecule has 0 spiro atoms. The summed E-state index contributed by atoms with van der Waals surface area (Å²) in [5.74, 6) is 4.13. The Morgan fingerprint density at radius 2 is 1.94 bits per heavy atom. The first kappa shape index (κ1) is 11.3. The van der Waals surface area contributed by atoms with Crippen molar-refractivity contribution in [2.24, 2.45) is 23.7 Å². The third-order valence-corrected chi connectivity index (χ3v) is 6.03. The maximum atomic E-state index is 5.81. The largest absolute Gasteiger partial charge is 0.398 e. The number of benzene rings is 1. The topological polar surface area (TPSA) is 38.0 Å². The maximum absolute atomic E-state index is 5.81. The first-order chi connectivity index (χ1) is 8.74. The first-order valence-electron chi connectivity index (χ1n) is 7.01. The van der Waals surface area contributed by atoms with Crippen LogP contribution >= 0.6 is 15.9 Å². The molecule has 3 fully saturated rings. The average Bonchev–Trinajstić information content (AvgIpc) is 2.76. The molecular weight excluding hydrogens is 288 g/mol. The molecule has 0 heterocycles. The van der Waals surface area contributed by atoms with Crippen LogP contribution < -0.4 is 11.1 Å². The van der Waals surface area contributed by atoms with E-state index >= 15 is 0 Å². The molecule has 3 heteroatoms. The third kappa shape index (κ3) is 1.64. The minimum absolute atomic E-state index is 0.813. The molecule has 96 valence electrons. The summed E-state index contributed by atoms with van der Waals surface area (Å²) in [6.07, 6.45) is 4.52. The normalized spacial score (nSPS) is 39.9. The molecule has 0 aromatic heterocycles. The van der Waals surface area contributed by atoms with Gasteiger partial charge in [-0.05, 0) is 76.6 Å². The van der Waals surface area contributed by atoms with Gasteiger partial charge in [0.05, 0.1) is 0 Å². The van der Waals surface area contributed by atoms with Crippen molar-refractivity contribution in [1.29, 1.82) is 0 Å². The minimum atomic E-state index is 0.813. The van der Waals surface area contributed by atoms with Crippen LogP contribution in [0.3, 0.4) is 0 Å². The van der Waals surface area contributed by atoms with Crippen LogP contribution in [0.5, 0.6) is 0 Å². The Hall–Kier alpha value is -0.540. The van der Waals surface area contributed by atoms with Crippen LogP contribution in [-0.2, 0) is 6.54 Å². The lowest BCUT2D eigenvalue weighted by molar-refractivity contribution is 0.456. The molecule has 18 heavy (non-hydrogen) atoms. The first-order valence-corrected chi connectivity index (χ1v) is 7.80. The highest BCUT2D eigenvalue weighted by atomic mass is 79.9. The zero-order valence-corrected chi connectivity index (χ0v) is 12.0. The molecule has 0 amide bonds. The van der Waals surface area contributed by atoms with E-state index in [-0.39, 0.29) is 0 Å². The van der Waals surface area contributed by atoms with Crippen LogP contribution in [0, 0.1) is 23.7 Å². The second-order valence-corrected chi connectivity index (χ2v) is 7.10. The van der Waals surface area contributed by atoms with E-state index in [0.717, 1.165) is 46.4 Å². The van der Waals surface area contributed by atoms with Gasteiger partial charge >= 0.3 is 0 Å². The zero-order chi connectivity index (χ0) is 12.3. The van der Waals surface area contributed by atoms with E-state index in [1.54, 1.807) is 0 Å². The number of nitrogens with two attached hydrogens (primary N) is 1. The molecule has 4 rings (SSSR count). The quantitative estimate of drug-likeness (QED) is 0.842. The van der Waals surface area contributed by atoms with Crippen molar-refractivity contribution in [2.45, 2.75) is 31.8 Å². The summed E-state index contributed by atoms with van der Waals surface area (Å²) in [6.45, 7) is 0.982. The number of halogens is 1. The molecule has 3 N–H and O–H groups in total. The summed E-state index contributed by atoms with van der Waals surface area (Å²) in [6, 6.07) is 7.06. The van der Waals surface area contributed by atoms with E-state index in [1.165, 1.54) is 24.8 Å². The van der Waals surface area contributed by atoms with Crippen molar-refractivity contribution in [3.05, 3.63) is 28.2 Å². The fourth-order valence-corrected chi connectivity index (χ4v) is 4.94. The number of anilines is 1. The number of hydrogen-bond acceptors (Lipinski definition) is 2. The van der Waals surface area contributed by atoms with E-state index in [1.807, 2.05) is 6.07 Å². The second kappa shape index (κ2) is 3.97. The molecule has 0 aliphatic heterocycles. The van der Waals surface area contributed by atoms with Gasteiger partial charge in [0.25, 0.3) is 0 Å². The fraction of sp³-hybridized carbons (Fsp3) is 0.600. The van der Waals surface area contributed by atoms with E-state index in [2.05, 4.69) is 33.4 Å². The monoisotopic (exact) mass is 306 g/mol. The van der Waals surface area contributed by atoms with Gasteiger partial charge in [-0.25, -0.2) is 0 Å². The molecule has 2 nitrogen and oxygen atoms in total. The lowest BCUT2D eigenvalue weighted by atomic mass is 10.0. The number of nitrogens with one attached hydrogen (secondary N) is 1. The van der Waals surface area contributed by atoms with Gasteiger partial charge in [-0.2, -0.15) is 0 Å². The Labute approximate surface area is 116 Å². The average molecular weight is 307 g/mol. The number of fused-ring (bicyclic) bond motifs is 5. The smallest absolute Gasteiger partial charge is 0.0458 e. The Bertz CT molecular complexity index is 471. The highest BCUT2D eigenvalue weighted by Gasteiger charge is 2.64. The Morgan fingerprint density at radius 3 is 2.61 bits per heavy atom. The highest BCUT2D eigenvalue weighted by molar-refractivity contribution is 9.10. The van der Waals surface area contributed by atoms with Crippen LogP contribution in [0.4, 0.5) is 5.69 Å². The van der Waals surface area contributed by atoms with Gasteiger partial charge in [-0.1, -0.05) is 6.07 Å². The van der Waals surface area contributed by atoms with Crippen LogP contribution in [0.1, 0.15) is 24.8 Å². The van der Waals surface area contributed by atoms with Gasteiger partial charge in [0.15, 0.2) is 0 Å². The summed E-state index contributed by atoms with van der Waals surface area (Å²) in [5.41, 5.74) is 7.96. The van der Waals surface area contributed by atoms with Crippen molar-refractivity contribution < 1.29 is 0 Å². The van der Waals surface area contributed by atoms with Gasteiger partial charge in [-0.15, -0.1) is 0 Å². The van der Waals surface area contributed by atoms with E-state index < -0.39 is 0 Å². The summed E-state index contributed by atoms with van der Waals surface area (Å²) < 4.78 is 1.01. The molecule has 2 bridgehead atoms. The van der Waals surface area contributed by atoms with Gasteiger partial charge in [0, 0.05) is 22.7 Å². The number of rotatable bonds is 3. The Balaban J connectivity index is 1.39. The predicted molar refractivity (Wildman–Crippen MR) is 77.0 cm³/mol. The van der Waals surface area contributed by atoms with E-state index in [4.69, 9.17) is 5.73 Å². The van der Waals surface area contributed by atoms with Crippen LogP contribution in [0.25, 0.3) is 0 Å². The van der Waals surface area contributed by atoms with Crippen molar-refractivity contribution in [3.63, 3.8) is 0 Å². The minimum Gasteiger partial charge on any atom is -0.398 e. The maximum Gasteiger partial charge on any atom is 0.0458 e. The molecule has 1 aromatic carbocycles. The van der Waals surface area contributed by atoms with Crippen LogP contribution in [0.2, 0.25) is 0 Å². The molecule has 3 aliphatic rings. The van der Waals surface area contributed by atoms with Gasteiger partial charge in [-0.3, -0.25) is 0 Å². The SMILES string of the molecule is Nc1ccc(CNC2C3C4CCC(C4)C23)cc1Br. The van der Waals surface area contributed by atoms with Crippen molar-refractivity contribution in [3.8, 4) is 0 Å². The lowest BCUT2D eigenvalue weighted by Gasteiger charge is -2.11. The molecule has 0 saturated heterocycles. The molecule has 3 saturated carbocycles. The predicted octanol–water partition coefficient (Wildman–Crippen LogP) is 3.17. The summed E-state index contributed by atoms with van der Waals surface area (Å²) in [4.78, 5) is 0. The molecule has 4 unspecified atom stereocenters. The third-order valence-electron chi connectivity index (χ3n) is 5.34. The van der Waals surface area contributed by atoms with E-state index in [0.29, 0.717) is 0 Å². The summed E-state index contributed by atoms with van der Waals surface area (Å²) in [5, 5.41) is 3.76. The molecular formula is C15H19BrN2. The Kier molecular flexibility index (Phi) is 2.50. The lowest BCUT2D eigenvalue weighted by Crippen LogP contribution is -2.22. The van der Waals surface area contributed by atoms with E-state index in [9.17, 15) is 0 Å². The Morgan fingerprint density at radius 1 is 1.22 bits per heavy atom. The number of nitrogen functional groups attached to an aromatic ring is 1. The van der Waals surface area contributed by atoms with Gasteiger partial charge in [0.2, 0.25) is 0 Å². The molecule has 3 aliphatic carbocycles. The highest BCUT2D eigenvalue weighted by Crippen LogP contribution is 2.65. The number of hydrogen-bond donors (Lipinski definition) is 2. The standard InChI is InChI=1S/C15H19BrN2/c16-11-5-8(1-4-12(11)17)7-18-15-13-9-2-3-10(6-9)14(13)15/h1,4-5,9-10,13-15,18H,2-3,6-7,17H2. The molecule has 1 aromatic rings. The molecule has 4 atom stereocenters. The fourth-order valence-electron chi connectivity index (χ4n) is 4.51. The van der Waals surface area contributed by atoms with Crippen LogP contribution in [0.15, 0.2) is 22.7 Å². The van der Waals surface area contributed by atoms with Crippen molar-refractivity contribution in [2.75, 3.05) is 5.73 Å². The second-order valence-electron chi connectivity index (χ2n) is 6.25.